The summed E-state index contributed by atoms with van der Waals surface area (Å²) in [4.78, 5) is 0. The fraction of sp³-hybridized carbons (Fsp3) is 0.368. The Morgan fingerprint density at radius 1 is 0.950 bits per heavy atom. The molecule has 20 heavy (non-hydrogen) atoms. The molecular weight excluding hydrogens is 247 g/mol. The van der Waals surface area contributed by atoms with Gasteiger partial charge in [-0.05, 0) is 38.3 Å². The molecule has 0 radical (unpaired) electrons. The smallest absolute Gasteiger partial charge is 0.130 e. The maximum absolute atomic E-state index is 13.3. The molecule has 0 heterocycles. The lowest BCUT2D eigenvalue weighted by molar-refractivity contribution is 0.221. The normalized spacial score (nSPS) is 10.7. The van der Waals surface area contributed by atoms with Crippen LogP contribution in [0.3, 0.4) is 0 Å². The van der Waals surface area contributed by atoms with E-state index in [2.05, 4.69) is 37.3 Å². The number of aryl methyl sites for hydroxylation is 2. The van der Waals surface area contributed by atoms with E-state index >= 15 is 0 Å². The van der Waals surface area contributed by atoms with Crippen molar-refractivity contribution in [2.24, 2.45) is 0 Å². The zero-order chi connectivity index (χ0) is 15.0. The van der Waals surface area contributed by atoms with Gasteiger partial charge in [0.2, 0.25) is 0 Å². The Hall–Kier alpha value is -1.63. The Balaban J connectivity index is 0.000000204. The van der Waals surface area contributed by atoms with Crippen molar-refractivity contribution in [3.63, 3.8) is 0 Å². The van der Waals surface area contributed by atoms with Gasteiger partial charge in [-0.3, -0.25) is 0 Å². The monoisotopic (exact) mass is 272 g/mol. The number of benzene rings is 2. The second kappa shape index (κ2) is 7.84. The van der Waals surface area contributed by atoms with Gasteiger partial charge < -0.3 is 0 Å². The second-order valence-electron chi connectivity index (χ2n) is 5.58. The lowest BCUT2D eigenvalue weighted by Crippen LogP contribution is -2.08. The van der Waals surface area contributed by atoms with Crippen LogP contribution in [0.1, 0.15) is 43.9 Å². The summed E-state index contributed by atoms with van der Waals surface area (Å²) in [7, 11) is 0. The van der Waals surface area contributed by atoms with Crippen molar-refractivity contribution in [2.45, 2.75) is 46.2 Å². The minimum atomic E-state index is -1.22. The van der Waals surface area contributed by atoms with E-state index in [0.717, 1.165) is 11.1 Å². The minimum Gasteiger partial charge on any atom is -0.239 e. The first-order chi connectivity index (χ1) is 9.43. The Kier molecular flexibility index (Phi) is 6.44. The van der Waals surface area contributed by atoms with E-state index in [0.29, 0.717) is 0 Å². The van der Waals surface area contributed by atoms with Crippen molar-refractivity contribution in [3.8, 4) is 0 Å². The first-order valence-corrected chi connectivity index (χ1v) is 7.23. The number of halogens is 1. The Bertz CT molecular complexity index is 495. The SMILES string of the molecule is CCCc1ccccc1.Cc1cccc(C(C)(C)F)c1. The van der Waals surface area contributed by atoms with Crippen LogP contribution in [0.5, 0.6) is 0 Å². The molecule has 2 aromatic rings. The molecule has 108 valence electrons. The summed E-state index contributed by atoms with van der Waals surface area (Å²) in [5, 5.41) is 0. The van der Waals surface area contributed by atoms with E-state index in [1.165, 1.54) is 18.4 Å². The quantitative estimate of drug-likeness (QED) is 0.658. The van der Waals surface area contributed by atoms with E-state index in [9.17, 15) is 4.39 Å². The van der Waals surface area contributed by atoms with Crippen molar-refractivity contribution >= 4 is 0 Å². The summed E-state index contributed by atoms with van der Waals surface area (Å²) in [6.45, 7) is 7.31. The molecule has 0 saturated heterocycles. The van der Waals surface area contributed by atoms with E-state index in [4.69, 9.17) is 0 Å². The molecule has 0 atom stereocenters. The molecule has 0 N–H and O–H groups in total. The highest BCUT2D eigenvalue weighted by Crippen LogP contribution is 2.24. The van der Waals surface area contributed by atoms with Gasteiger partial charge in [0.05, 0.1) is 0 Å². The maximum atomic E-state index is 13.3. The van der Waals surface area contributed by atoms with Gasteiger partial charge in [0, 0.05) is 0 Å². The zero-order valence-electron chi connectivity index (χ0n) is 13.0. The molecule has 0 spiro atoms. The van der Waals surface area contributed by atoms with E-state index < -0.39 is 5.67 Å². The maximum Gasteiger partial charge on any atom is 0.130 e. The molecule has 0 saturated carbocycles. The highest BCUT2D eigenvalue weighted by atomic mass is 19.1. The standard InChI is InChI=1S/C10H13F.C9H12/c1-8-5-4-6-9(7-8)10(2,3)11;1-2-6-9-7-4-3-5-8-9/h4-7H,1-3H3;3-5,7-8H,2,6H2,1H3. The van der Waals surface area contributed by atoms with Crippen molar-refractivity contribution in [3.05, 3.63) is 71.3 Å². The molecule has 0 aromatic heterocycles. The van der Waals surface area contributed by atoms with Crippen molar-refractivity contribution in [2.75, 3.05) is 0 Å². The number of alkyl halides is 1. The zero-order valence-corrected chi connectivity index (χ0v) is 13.0. The van der Waals surface area contributed by atoms with E-state index in [1.54, 1.807) is 13.8 Å². The van der Waals surface area contributed by atoms with Crippen molar-refractivity contribution < 1.29 is 4.39 Å². The molecule has 0 unspecified atom stereocenters. The van der Waals surface area contributed by atoms with Crippen LogP contribution < -0.4 is 0 Å². The summed E-state index contributed by atoms with van der Waals surface area (Å²) in [5.41, 5.74) is 2.08. The third-order valence-electron chi connectivity index (χ3n) is 3.09. The molecule has 0 fully saturated rings. The van der Waals surface area contributed by atoms with Crippen LogP contribution in [-0.4, -0.2) is 0 Å². The van der Waals surface area contributed by atoms with Crippen LogP contribution in [0, 0.1) is 6.92 Å². The predicted octanol–water partition coefficient (Wildman–Crippen LogP) is 5.84. The molecule has 0 nitrogen and oxygen atoms in total. The van der Waals surface area contributed by atoms with Gasteiger partial charge >= 0.3 is 0 Å². The van der Waals surface area contributed by atoms with E-state index in [-0.39, 0.29) is 0 Å². The largest absolute Gasteiger partial charge is 0.239 e. The van der Waals surface area contributed by atoms with Crippen LogP contribution in [0.4, 0.5) is 4.39 Å². The summed E-state index contributed by atoms with van der Waals surface area (Å²) in [6, 6.07) is 18.1. The molecular formula is C19H25F. The van der Waals surface area contributed by atoms with Crippen molar-refractivity contribution in [1.82, 2.24) is 0 Å². The van der Waals surface area contributed by atoms with Crippen LogP contribution in [0.2, 0.25) is 0 Å². The van der Waals surface area contributed by atoms with Gasteiger partial charge in [-0.15, -0.1) is 0 Å². The average molecular weight is 272 g/mol. The van der Waals surface area contributed by atoms with Gasteiger partial charge in [-0.1, -0.05) is 73.5 Å². The predicted molar refractivity (Wildman–Crippen MR) is 85.8 cm³/mol. The Morgan fingerprint density at radius 2 is 1.60 bits per heavy atom. The highest BCUT2D eigenvalue weighted by molar-refractivity contribution is 5.26. The fourth-order valence-electron chi connectivity index (χ4n) is 1.95. The van der Waals surface area contributed by atoms with Gasteiger partial charge in [-0.2, -0.15) is 0 Å². The van der Waals surface area contributed by atoms with Crippen LogP contribution in [0.25, 0.3) is 0 Å². The Morgan fingerprint density at radius 3 is 2.05 bits per heavy atom. The van der Waals surface area contributed by atoms with E-state index in [1.807, 2.05) is 31.2 Å². The third kappa shape index (κ3) is 6.01. The molecule has 2 aromatic carbocycles. The van der Waals surface area contributed by atoms with Gasteiger partial charge in [-0.25, -0.2) is 4.39 Å². The van der Waals surface area contributed by atoms with Crippen LogP contribution in [-0.2, 0) is 12.1 Å². The van der Waals surface area contributed by atoms with Gasteiger partial charge in [0.1, 0.15) is 5.67 Å². The lowest BCUT2D eigenvalue weighted by atomic mass is 9.99. The Labute approximate surface area is 122 Å². The number of hydrogen-bond acceptors (Lipinski definition) is 0. The van der Waals surface area contributed by atoms with Crippen molar-refractivity contribution in [1.29, 1.82) is 0 Å². The lowest BCUT2D eigenvalue weighted by Gasteiger charge is -2.14. The van der Waals surface area contributed by atoms with Crippen LogP contribution in [0.15, 0.2) is 54.6 Å². The number of hydrogen-bond donors (Lipinski definition) is 0. The molecule has 0 aliphatic rings. The summed E-state index contributed by atoms with van der Waals surface area (Å²) < 4.78 is 13.3. The second-order valence-corrected chi connectivity index (χ2v) is 5.58. The number of rotatable bonds is 3. The molecule has 1 heteroatoms. The molecule has 0 aliphatic heterocycles. The van der Waals surface area contributed by atoms with Gasteiger partial charge in [0.25, 0.3) is 0 Å². The summed E-state index contributed by atoms with van der Waals surface area (Å²) in [5.74, 6) is 0. The first-order valence-electron chi connectivity index (χ1n) is 7.23. The molecule has 0 aliphatic carbocycles. The summed E-state index contributed by atoms with van der Waals surface area (Å²) >= 11 is 0. The van der Waals surface area contributed by atoms with Crippen LogP contribution >= 0.6 is 0 Å². The first kappa shape index (κ1) is 16.4. The fourth-order valence-corrected chi connectivity index (χ4v) is 1.95. The molecule has 2 rings (SSSR count). The average Bonchev–Trinajstić information content (AvgIpc) is 2.40. The minimum absolute atomic E-state index is 0.748. The molecule has 0 amide bonds. The molecule has 0 bridgehead atoms. The summed E-state index contributed by atoms with van der Waals surface area (Å²) in [6.07, 6.45) is 2.45. The third-order valence-corrected chi connectivity index (χ3v) is 3.09. The topological polar surface area (TPSA) is 0 Å². The highest BCUT2D eigenvalue weighted by Gasteiger charge is 2.17. The van der Waals surface area contributed by atoms with Gasteiger partial charge in [0.15, 0.2) is 0 Å².